The van der Waals surface area contributed by atoms with Gasteiger partial charge in [0.2, 0.25) is 0 Å². The van der Waals surface area contributed by atoms with Crippen molar-refractivity contribution in [2.45, 2.75) is 52.0 Å². The van der Waals surface area contributed by atoms with Crippen LogP contribution in [0.2, 0.25) is 0 Å². The highest BCUT2D eigenvalue weighted by atomic mass is 16.2. The van der Waals surface area contributed by atoms with Gasteiger partial charge in [-0.1, -0.05) is 38.1 Å². The molecule has 0 fully saturated rings. The van der Waals surface area contributed by atoms with Crippen LogP contribution in [0.3, 0.4) is 0 Å². The van der Waals surface area contributed by atoms with Crippen molar-refractivity contribution in [3.05, 3.63) is 64.9 Å². The standard InChI is InChI=1S/C21H24N4O/c1-13(2)18-11-14(3)23-20-19(22-12-25(18)20)21(26)24-17-10-6-8-15-7-4-5-9-16(15)17/h4-5,7,9,11-13,17H,6,8,10H2,1-3H3,(H,24,26)/t17-/m0/s1. The number of nitrogens with one attached hydrogen (secondary N) is 1. The van der Waals surface area contributed by atoms with E-state index in [0.717, 1.165) is 30.7 Å². The van der Waals surface area contributed by atoms with Gasteiger partial charge in [-0.25, -0.2) is 9.97 Å². The van der Waals surface area contributed by atoms with Gasteiger partial charge >= 0.3 is 0 Å². The number of aromatic nitrogens is 3. The summed E-state index contributed by atoms with van der Waals surface area (Å²) >= 11 is 0. The summed E-state index contributed by atoms with van der Waals surface area (Å²) in [6.45, 7) is 6.22. The van der Waals surface area contributed by atoms with Crippen LogP contribution in [0.25, 0.3) is 5.65 Å². The van der Waals surface area contributed by atoms with Crippen molar-refractivity contribution in [2.75, 3.05) is 0 Å². The summed E-state index contributed by atoms with van der Waals surface area (Å²) in [6, 6.07) is 10.5. The van der Waals surface area contributed by atoms with Crippen molar-refractivity contribution < 1.29 is 4.79 Å². The van der Waals surface area contributed by atoms with Crippen molar-refractivity contribution in [3.8, 4) is 0 Å². The first-order chi connectivity index (χ1) is 12.5. The fraction of sp³-hybridized carbons (Fsp3) is 0.381. The predicted octanol–water partition coefficient (Wildman–Crippen LogP) is 3.97. The van der Waals surface area contributed by atoms with Crippen molar-refractivity contribution in [1.82, 2.24) is 19.7 Å². The third kappa shape index (κ3) is 2.87. The van der Waals surface area contributed by atoms with E-state index in [2.05, 4.69) is 53.4 Å². The van der Waals surface area contributed by atoms with Gasteiger partial charge in [-0.3, -0.25) is 9.20 Å². The Bertz CT molecular complexity index is 973. The quantitative estimate of drug-likeness (QED) is 0.779. The largest absolute Gasteiger partial charge is 0.344 e. The highest BCUT2D eigenvalue weighted by molar-refractivity contribution is 5.98. The van der Waals surface area contributed by atoms with Crippen molar-refractivity contribution >= 4 is 11.6 Å². The zero-order valence-corrected chi connectivity index (χ0v) is 15.5. The first-order valence-corrected chi connectivity index (χ1v) is 9.28. The molecule has 0 aliphatic heterocycles. The normalized spacial score (nSPS) is 16.7. The molecule has 2 aromatic heterocycles. The van der Waals surface area contributed by atoms with Crippen LogP contribution in [0, 0.1) is 6.92 Å². The van der Waals surface area contributed by atoms with E-state index in [-0.39, 0.29) is 11.9 Å². The smallest absolute Gasteiger partial charge is 0.274 e. The van der Waals surface area contributed by atoms with Crippen molar-refractivity contribution in [3.63, 3.8) is 0 Å². The summed E-state index contributed by atoms with van der Waals surface area (Å²) in [6.07, 6.45) is 4.83. The molecule has 1 N–H and O–H groups in total. The Kier molecular flexibility index (Phi) is 4.23. The number of carbonyl (C=O) groups is 1. The van der Waals surface area contributed by atoms with E-state index in [0.29, 0.717) is 17.3 Å². The van der Waals surface area contributed by atoms with E-state index in [1.807, 2.05) is 17.4 Å². The van der Waals surface area contributed by atoms with Gasteiger partial charge in [-0.2, -0.15) is 0 Å². The maximum Gasteiger partial charge on any atom is 0.274 e. The third-order valence-corrected chi connectivity index (χ3v) is 5.14. The number of hydrogen-bond acceptors (Lipinski definition) is 3. The number of fused-ring (bicyclic) bond motifs is 2. The summed E-state index contributed by atoms with van der Waals surface area (Å²) in [5, 5.41) is 3.18. The monoisotopic (exact) mass is 348 g/mol. The van der Waals surface area contributed by atoms with E-state index in [4.69, 9.17) is 0 Å². The minimum Gasteiger partial charge on any atom is -0.344 e. The molecule has 5 heteroatoms. The Morgan fingerprint density at radius 2 is 2.12 bits per heavy atom. The molecule has 134 valence electrons. The lowest BCUT2D eigenvalue weighted by Gasteiger charge is -2.26. The van der Waals surface area contributed by atoms with E-state index in [1.165, 1.54) is 11.1 Å². The molecule has 1 aromatic carbocycles. The second-order valence-electron chi connectivity index (χ2n) is 7.38. The molecule has 2 heterocycles. The predicted molar refractivity (Wildman–Crippen MR) is 101 cm³/mol. The summed E-state index contributed by atoms with van der Waals surface area (Å²) in [5.74, 6) is 0.177. The molecule has 3 aromatic rings. The first kappa shape index (κ1) is 16.8. The topological polar surface area (TPSA) is 59.3 Å². The molecule has 0 saturated carbocycles. The van der Waals surface area contributed by atoms with Gasteiger partial charge in [-0.05, 0) is 49.3 Å². The molecule has 5 nitrogen and oxygen atoms in total. The maximum absolute atomic E-state index is 13.0. The zero-order chi connectivity index (χ0) is 18.3. The number of benzene rings is 1. The molecule has 0 spiro atoms. The average Bonchev–Trinajstić information content (AvgIpc) is 3.05. The fourth-order valence-corrected chi connectivity index (χ4v) is 3.86. The van der Waals surface area contributed by atoms with Crippen LogP contribution in [-0.2, 0) is 6.42 Å². The Balaban J connectivity index is 1.68. The first-order valence-electron chi connectivity index (χ1n) is 9.28. The third-order valence-electron chi connectivity index (χ3n) is 5.14. The van der Waals surface area contributed by atoms with Gasteiger partial charge in [0.25, 0.3) is 5.91 Å². The number of rotatable bonds is 3. The minimum absolute atomic E-state index is 0.0404. The van der Waals surface area contributed by atoms with Gasteiger partial charge in [0.05, 0.1) is 6.04 Å². The molecule has 0 saturated heterocycles. The molecule has 1 aliphatic rings. The number of amides is 1. The summed E-state index contributed by atoms with van der Waals surface area (Å²) < 4.78 is 1.93. The number of hydrogen-bond donors (Lipinski definition) is 1. The van der Waals surface area contributed by atoms with E-state index in [1.54, 1.807) is 6.33 Å². The Labute approximate surface area is 153 Å². The molecule has 4 rings (SSSR count). The highest BCUT2D eigenvalue weighted by Crippen LogP contribution is 2.30. The summed E-state index contributed by atoms with van der Waals surface area (Å²) in [5.41, 5.74) is 5.60. The second kappa shape index (κ2) is 6.56. The van der Waals surface area contributed by atoms with Crippen LogP contribution in [0.15, 0.2) is 36.7 Å². The van der Waals surface area contributed by atoms with Gasteiger partial charge in [-0.15, -0.1) is 0 Å². The van der Waals surface area contributed by atoms with Gasteiger partial charge in [0.1, 0.15) is 6.33 Å². The van der Waals surface area contributed by atoms with Crippen molar-refractivity contribution in [1.29, 1.82) is 0 Å². The lowest BCUT2D eigenvalue weighted by Crippen LogP contribution is -2.31. The molecule has 0 radical (unpaired) electrons. The van der Waals surface area contributed by atoms with E-state index < -0.39 is 0 Å². The minimum atomic E-state index is -0.151. The molecule has 1 atom stereocenters. The molecule has 0 bridgehead atoms. The zero-order valence-electron chi connectivity index (χ0n) is 15.5. The van der Waals surface area contributed by atoms with E-state index in [9.17, 15) is 4.79 Å². The van der Waals surface area contributed by atoms with Crippen LogP contribution in [-0.4, -0.2) is 20.3 Å². The molecule has 1 aliphatic carbocycles. The number of nitrogens with zero attached hydrogens (tertiary/aromatic N) is 3. The summed E-state index contributed by atoms with van der Waals surface area (Å²) in [4.78, 5) is 21.9. The van der Waals surface area contributed by atoms with Crippen LogP contribution in [0.4, 0.5) is 0 Å². The molecule has 0 unspecified atom stereocenters. The molecule has 1 amide bonds. The Morgan fingerprint density at radius 3 is 2.92 bits per heavy atom. The second-order valence-corrected chi connectivity index (χ2v) is 7.38. The maximum atomic E-state index is 13.0. The highest BCUT2D eigenvalue weighted by Gasteiger charge is 2.24. The summed E-state index contributed by atoms with van der Waals surface area (Å²) in [7, 11) is 0. The Hall–Kier alpha value is -2.69. The van der Waals surface area contributed by atoms with Gasteiger partial charge in [0, 0.05) is 11.4 Å². The van der Waals surface area contributed by atoms with Crippen LogP contribution in [0.1, 0.15) is 71.7 Å². The van der Waals surface area contributed by atoms with Crippen LogP contribution >= 0.6 is 0 Å². The lowest BCUT2D eigenvalue weighted by molar-refractivity contribution is 0.0929. The average molecular weight is 348 g/mol. The number of carbonyl (C=O) groups excluding carboxylic acids is 1. The Morgan fingerprint density at radius 1 is 1.31 bits per heavy atom. The van der Waals surface area contributed by atoms with Gasteiger partial charge in [0.15, 0.2) is 11.3 Å². The van der Waals surface area contributed by atoms with Crippen LogP contribution < -0.4 is 5.32 Å². The molecular weight excluding hydrogens is 324 g/mol. The number of aryl methyl sites for hydroxylation is 2. The SMILES string of the molecule is Cc1cc(C(C)C)n2cnc(C(=O)N[C@H]3CCCc4ccccc43)c2n1. The van der Waals surface area contributed by atoms with E-state index >= 15 is 0 Å². The van der Waals surface area contributed by atoms with Gasteiger partial charge < -0.3 is 5.32 Å². The van der Waals surface area contributed by atoms with Crippen LogP contribution in [0.5, 0.6) is 0 Å². The number of imidazole rings is 1. The lowest BCUT2D eigenvalue weighted by atomic mass is 9.88. The fourth-order valence-electron chi connectivity index (χ4n) is 3.86. The molecule has 26 heavy (non-hydrogen) atoms. The van der Waals surface area contributed by atoms with Crippen molar-refractivity contribution in [2.24, 2.45) is 0 Å². The molecular formula is C21H24N4O.